The third-order valence-corrected chi connectivity index (χ3v) is 2.79. The number of ether oxygens (including phenoxy) is 2. The van der Waals surface area contributed by atoms with Gasteiger partial charge in [-0.15, -0.1) is 0 Å². The highest BCUT2D eigenvalue weighted by Crippen LogP contribution is 2.21. The van der Waals surface area contributed by atoms with Crippen molar-refractivity contribution in [3.63, 3.8) is 0 Å². The van der Waals surface area contributed by atoms with Crippen LogP contribution in [0.15, 0.2) is 42.1 Å². The highest BCUT2D eigenvalue weighted by atomic mass is 16.6. The number of carbonyl (C=O) groups is 1. The number of rotatable bonds is 6. The Balaban J connectivity index is 2.59. The van der Waals surface area contributed by atoms with Crippen molar-refractivity contribution in [2.75, 3.05) is 13.2 Å². The molecule has 0 saturated heterocycles. The van der Waals surface area contributed by atoms with Crippen LogP contribution in [0.2, 0.25) is 0 Å². The van der Waals surface area contributed by atoms with E-state index in [0.29, 0.717) is 16.9 Å². The van der Waals surface area contributed by atoms with Crippen molar-refractivity contribution in [3.8, 4) is 11.8 Å². The van der Waals surface area contributed by atoms with Crippen LogP contribution in [-0.4, -0.2) is 19.2 Å². The Morgan fingerprint density at radius 2 is 1.95 bits per heavy atom. The fraction of sp³-hybridized carbons (Fsp3) is 0.235. The van der Waals surface area contributed by atoms with Gasteiger partial charge in [0, 0.05) is 5.57 Å². The van der Waals surface area contributed by atoms with Crippen molar-refractivity contribution in [3.05, 3.63) is 59.1 Å². The van der Waals surface area contributed by atoms with Crippen molar-refractivity contribution in [1.82, 2.24) is 0 Å². The number of nitriles is 1. The van der Waals surface area contributed by atoms with Crippen LogP contribution in [0.3, 0.4) is 0 Å². The Bertz CT molecular complexity index is 657. The van der Waals surface area contributed by atoms with Gasteiger partial charge in [-0.1, -0.05) is 18.7 Å². The standard InChI is InChI=1S/C17H16N2O3/c1-12(2)17(20)22-10-9-21-15-7-5-14(6-8-15)13(3)16(11-18)19-4/h5-8H,1,9-10H2,2-3H3. The number of esters is 1. The van der Waals surface area contributed by atoms with E-state index in [-0.39, 0.29) is 18.9 Å². The zero-order valence-corrected chi connectivity index (χ0v) is 12.5. The summed E-state index contributed by atoms with van der Waals surface area (Å²) in [5.74, 6) is 0.173. The SMILES string of the molecule is [C-]#[N+]C(C#N)=C(C)c1ccc(OCCOC(=O)C(=C)C)cc1. The molecule has 1 rings (SSSR count). The lowest BCUT2D eigenvalue weighted by Crippen LogP contribution is -2.12. The van der Waals surface area contributed by atoms with Crippen LogP contribution in [0.25, 0.3) is 10.4 Å². The Hall–Kier alpha value is -3.05. The molecule has 112 valence electrons. The van der Waals surface area contributed by atoms with E-state index in [1.165, 1.54) is 0 Å². The summed E-state index contributed by atoms with van der Waals surface area (Å²) in [4.78, 5) is 14.3. The van der Waals surface area contributed by atoms with Crippen molar-refractivity contribution in [2.45, 2.75) is 13.8 Å². The molecule has 0 radical (unpaired) electrons. The molecule has 0 aliphatic carbocycles. The van der Waals surface area contributed by atoms with Gasteiger partial charge < -0.3 is 9.47 Å². The Morgan fingerprint density at radius 1 is 1.32 bits per heavy atom. The lowest BCUT2D eigenvalue weighted by atomic mass is 10.1. The molecule has 0 aromatic heterocycles. The predicted octanol–water partition coefficient (Wildman–Crippen LogP) is 3.36. The lowest BCUT2D eigenvalue weighted by molar-refractivity contribution is -0.139. The summed E-state index contributed by atoms with van der Waals surface area (Å²) in [5, 5.41) is 8.85. The first-order valence-corrected chi connectivity index (χ1v) is 6.54. The molecule has 5 heteroatoms. The van der Waals surface area contributed by atoms with E-state index >= 15 is 0 Å². The second-order valence-electron chi connectivity index (χ2n) is 4.49. The fourth-order valence-electron chi connectivity index (χ4n) is 1.55. The fourth-order valence-corrected chi connectivity index (χ4v) is 1.55. The van der Waals surface area contributed by atoms with E-state index in [9.17, 15) is 4.79 Å². The lowest BCUT2D eigenvalue weighted by Gasteiger charge is -2.08. The third-order valence-electron chi connectivity index (χ3n) is 2.79. The van der Waals surface area contributed by atoms with Gasteiger partial charge in [-0.2, -0.15) is 0 Å². The van der Waals surface area contributed by atoms with Crippen LogP contribution in [-0.2, 0) is 9.53 Å². The monoisotopic (exact) mass is 296 g/mol. The van der Waals surface area contributed by atoms with Crippen LogP contribution < -0.4 is 4.74 Å². The largest absolute Gasteiger partial charge is 0.490 e. The molecule has 0 atom stereocenters. The van der Waals surface area contributed by atoms with E-state index in [1.54, 1.807) is 38.1 Å². The molecule has 0 N–H and O–H groups in total. The number of hydrogen-bond donors (Lipinski definition) is 0. The van der Waals surface area contributed by atoms with Crippen molar-refractivity contribution < 1.29 is 14.3 Å². The minimum atomic E-state index is -0.442. The van der Waals surface area contributed by atoms with Crippen molar-refractivity contribution >= 4 is 11.5 Å². The van der Waals surface area contributed by atoms with Gasteiger partial charge >= 0.3 is 5.97 Å². The van der Waals surface area contributed by atoms with Gasteiger partial charge in [0.25, 0.3) is 5.70 Å². The maximum Gasteiger partial charge on any atom is 0.333 e. The van der Waals surface area contributed by atoms with Crippen LogP contribution in [0.5, 0.6) is 5.75 Å². The molecule has 0 spiro atoms. The molecule has 0 heterocycles. The maximum absolute atomic E-state index is 11.2. The number of carbonyl (C=O) groups excluding carboxylic acids is 1. The number of benzene rings is 1. The van der Waals surface area contributed by atoms with E-state index in [1.807, 2.05) is 6.07 Å². The van der Waals surface area contributed by atoms with Gasteiger partial charge in [0.2, 0.25) is 0 Å². The zero-order valence-electron chi connectivity index (χ0n) is 12.5. The molecule has 1 aromatic rings. The van der Waals surface area contributed by atoms with Crippen LogP contribution in [0.1, 0.15) is 19.4 Å². The zero-order chi connectivity index (χ0) is 16.5. The summed E-state index contributed by atoms with van der Waals surface area (Å²) in [6, 6.07) is 8.88. The topological polar surface area (TPSA) is 63.7 Å². The second-order valence-corrected chi connectivity index (χ2v) is 4.49. The predicted molar refractivity (Wildman–Crippen MR) is 82.5 cm³/mol. The first-order chi connectivity index (χ1) is 10.5. The number of hydrogen-bond acceptors (Lipinski definition) is 4. The van der Waals surface area contributed by atoms with Crippen molar-refractivity contribution in [1.29, 1.82) is 5.26 Å². The normalized spacial score (nSPS) is 10.7. The average Bonchev–Trinajstić information content (AvgIpc) is 2.52. The van der Waals surface area contributed by atoms with Gasteiger partial charge in [-0.05, 0) is 37.1 Å². The number of allylic oxidation sites excluding steroid dienone is 2. The van der Waals surface area contributed by atoms with E-state index in [4.69, 9.17) is 21.3 Å². The molecule has 0 aliphatic rings. The quantitative estimate of drug-likeness (QED) is 0.265. The van der Waals surface area contributed by atoms with Crippen LogP contribution in [0, 0.1) is 17.9 Å². The first-order valence-electron chi connectivity index (χ1n) is 6.54. The van der Waals surface area contributed by atoms with E-state index in [0.717, 1.165) is 5.56 Å². The third kappa shape index (κ3) is 4.81. The molecule has 0 unspecified atom stereocenters. The highest BCUT2D eigenvalue weighted by molar-refractivity contribution is 5.86. The van der Waals surface area contributed by atoms with E-state index < -0.39 is 5.97 Å². The van der Waals surface area contributed by atoms with Crippen LogP contribution in [0.4, 0.5) is 0 Å². The minimum absolute atomic E-state index is 0.0698. The molecule has 1 aromatic carbocycles. The summed E-state index contributed by atoms with van der Waals surface area (Å²) in [6.45, 7) is 14.1. The minimum Gasteiger partial charge on any atom is -0.490 e. The molecule has 0 amide bonds. The summed E-state index contributed by atoms with van der Waals surface area (Å²) in [6.07, 6.45) is 0. The number of nitrogens with zero attached hydrogens (tertiary/aromatic N) is 2. The maximum atomic E-state index is 11.2. The molecule has 0 saturated carbocycles. The molecule has 5 nitrogen and oxygen atoms in total. The molecule has 22 heavy (non-hydrogen) atoms. The van der Waals surface area contributed by atoms with Crippen molar-refractivity contribution in [2.24, 2.45) is 0 Å². The van der Waals surface area contributed by atoms with Crippen LogP contribution >= 0.6 is 0 Å². The molecule has 0 aliphatic heterocycles. The van der Waals surface area contributed by atoms with Gasteiger partial charge in [-0.3, -0.25) is 0 Å². The average molecular weight is 296 g/mol. The molecule has 0 bridgehead atoms. The van der Waals surface area contributed by atoms with Gasteiger partial charge in [-0.25, -0.2) is 14.9 Å². The highest BCUT2D eigenvalue weighted by Gasteiger charge is 2.05. The van der Waals surface area contributed by atoms with Gasteiger partial charge in [0.15, 0.2) is 0 Å². The Kier molecular flexibility index (Phi) is 6.40. The summed E-state index contributed by atoms with van der Waals surface area (Å²) in [5.41, 5.74) is 1.83. The Morgan fingerprint density at radius 3 is 2.45 bits per heavy atom. The molecular weight excluding hydrogens is 280 g/mol. The summed E-state index contributed by atoms with van der Waals surface area (Å²) >= 11 is 0. The first kappa shape index (κ1) is 17.0. The van der Waals surface area contributed by atoms with Gasteiger partial charge in [0.1, 0.15) is 19.0 Å². The second kappa shape index (κ2) is 8.28. The van der Waals surface area contributed by atoms with Gasteiger partial charge in [0.05, 0.1) is 12.6 Å². The molecular formula is C17H16N2O3. The summed E-state index contributed by atoms with van der Waals surface area (Å²) in [7, 11) is 0. The Labute approximate surface area is 129 Å². The van der Waals surface area contributed by atoms with E-state index in [2.05, 4.69) is 11.4 Å². The smallest absolute Gasteiger partial charge is 0.333 e. The molecule has 0 fully saturated rings. The summed E-state index contributed by atoms with van der Waals surface area (Å²) < 4.78 is 10.3.